The molecule has 5 heteroatoms. The van der Waals surface area contributed by atoms with E-state index in [9.17, 15) is 4.39 Å². The molecule has 3 aromatic rings. The summed E-state index contributed by atoms with van der Waals surface area (Å²) < 4.78 is 14.7. The van der Waals surface area contributed by atoms with Gasteiger partial charge in [0.25, 0.3) is 0 Å². The van der Waals surface area contributed by atoms with Crippen molar-refractivity contribution in [1.29, 1.82) is 0 Å². The molecular formula is C13H10FN3S. The molecule has 0 aliphatic heterocycles. The van der Waals surface area contributed by atoms with Crippen molar-refractivity contribution in [3.05, 3.63) is 42.5 Å². The van der Waals surface area contributed by atoms with E-state index in [2.05, 4.69) is 15.3 Å². The van der Waals surface area contributed by atoms with Crippen LogP contribution in [0.15, 0.2) is 36.7 Å². The number of benzene rings is 1. The van der Waals surface area contributed by atoms with Gasteiger partial charge in [-0.3, -0.25) is 4.98 Å². The maximum Gasteiger partial charge on any atom is 0.183 e. The van der Waals surface area contributed by atoms with Crippen molar-refractivity contribution in [2.24, 2.45) is 0 Å². The molecule has 0 amide bonds. The lowest BCUT2D eigenvalue weighted by molar-refractivity contribution is 0.625. The van der Waals surface area contributed by atoms with Crippen molar-refractivity contribution in [2.45, 2.75) is 0 Å². The lowest BCUT2D eigenvalue weighted by Gasteiger charge is -2.02. The van der Waals surface area contributed by atoms with E-state index < -0.39 is 0 Å². The van der Waals surface area contributed by atoms with Gasteiger partial charge in [-0.1, -0.05) is 17.4 Å². The van der Waals surface area contributed by atoms with E-state index in [1.165, 1.54) is 6.20 Å². The first kappa shape index (κ1) is 11.1. The van der Waals surface area contributed by atoms with Gasteiger partial charge in [-0.2, -0.15) is 0 Å². The van der Waals surface area contributed by atoms with Gasteiger partial charge in [0, 0.05) is 18.8 Å². The first-order valence-corrected chi connectivity index (χ1v) is 6.28. The lowest BCUT2D eigenvalue weighted by Crippen LogP contribution is -1.86. The summed E-state index contributed by atoms with van der Waals surface area (Å²) in [5.74, 6) is -0.319. The van der Waals surface area contributed by atoms with E-state index in [1.54, 1.807) is 23.6 Å². The van der Waals surface area contributed by atoms with Gasteiger partial charge in [0.15, 0.2) is 5.13 Å². The Morgan fingerprint density at radius 2 is 2.17 bits per heavy atom. The summed E-state index contributed by atoms with van der Waals surface area (Å²) in [5.41, 5.74) is 2.24. The quantitative estimate of drug-likeness (QED) is 0.765. The van der Waals surface area contributed by atoms with Crippen LogP contribution in [-0.2, 0) is 0 Å². The number of pyridine rings is 1. The van der Waals surface area contributed by atoms with E-state index in [0.29, 0.717) is 5.56 Å². The molecule has 0 bridgehead atoms. The first-order chi connectivity index (χ1) is 8.78. The smallest absolute Gasteiger partial charge is 0.183 e. The number of rotatable bonds is 2. The average molecular weight is 259 g/mol. The zero-order chi connectivity index (χ0) is 12.5. The summed E-state index contributed by atoms with van der Waals surface area (Å²) >= 11 is 1.58. The van der Waals surface area contributed by atoms with E-state index >= 15 is 0 Å². The molecule has 90 valence electrons. The molecule has 0 radical (unpaired) electrons. The molecule has 1 aromatic carbocycles. The topological polar surface area (TPSA) is 37.8 Å². The Balaban J connectivity index is 2.16. The molecule has 0 aliphatic carbocycles. The van der Waals surface area contributed by atoms with E-state index in [4.69, 9.17) is 0 Å². The second-order valence-electron chi connectivity index (χ2n) is 3.81. The van der Waals surface area contributed by atoms with E-state index in [-0.39, 0.29) is 5.82 Å². The van der Waals surface area contributed by atoms with Crippen molar-refractivity contribution in [2.75, 3.05) is 12.4 Å². The molecule has 3 nitrogen and oxygen atoms in total. The van der Waals surface area contributed by atoms with Crippen molar-refractivity contribution in [3.63, 3.8) is 0 Å². The zero-order valence-electron chi connectivity index (χ0n) is 9.64. The molecule has 0 spiro atoms. The molecule has 2 aromatic heterocycles. The molecule has 0 aliphatic rings. The normalized spacial score (nSPS) is 10.8. The van der Waals surface area contributed by atoms with Gasteiger partial charge in [-0.25, -0.2) is 9.37 Å². The van der Waals surface area contributed by atoms with Crippen LogP contribution < -0.4 is 5.32 Å². The Bertz CT molecular complexity index is 708. The fourth-order valence-electron chi connectivity index (χ4n) is 1.81. The number of nitrogens with one attached hydrogen (secondary N) is 1. The number of fused-ring (bicyclic) bond motifs is 1. The third-order valence-electron chi connectivity index (χ3n) is 2.68. The SMILES string of the molecule is CNc1nc2cc(-c3ccncc3F)ccc2s1. The lowest BCUT2D eigenvalue weighted by atomic mass is 10.1. The highest BCUT2D eigenvalue weighted by atomic mass is 32.1. The number of hydrogen-bond donors (Lipinski definition) is 1. The van der Waals surface area contributed by atoms with Gasteiger partial charge in [0.1, 0.15) is 5.82 Å². The van der Waals surface area contributed by atoms with E-state index in [1.807, 2.05) is 25.2 Å². The second-order valence-corrected chi connectivity index (χ2v) is 4.84. The Morgan fingerprint density at radius 1 is 1.28 bits per heavy atom. The summed E-state index contributed by atoms with van der Waals surface area (Å²) in [5, 5.41) is 3.87. The first-order valence-electron chi connectivity index (χ1n) is 5.46. The molecule has 0 unspecified atom stereocenters. The maximum atomic E-state index is 13.7. The minimum absolute atomic E-state index is 0.319. The predicted molar refractivity (Wildman–Crippen MR) is 72.4 cm³/mol. The van der Waals surface area contributed by atoms with Crippen LogP contribution in [0.5, 0.6) is 0 Å². The Labute approximate surface area is 107 Å². The monoisotopic (exact) mass is 259 g/mol. The molecular weight excluding hydrogens is 249 g/mol. The summed E-state index contributed by atoms with van der Waals surface area (Å²) in [4.78, 5) is 8.17. The molecule has 2 heterocycles. The molecule has 18 heavy (non-hydrogen) atoms. The van der Waals surface area contributed by atoms with Crippen molar-refractivity contribution < 1.29 is 4.39 Å². The van der Waals surface area contributed by atoms with Crippen LogP contribution in [0, 0.1) is 5.82 Å². The van der Waals surface area contributed by atoms with Crippen molar-refractivity contribution in [3.8, 4) is 11.1 Å². The minimum Gasteiger partial charge on any atom is -0.365 e. The van der Waals surface area contributed by atoms with Gasteiger partial charge in [0.05, 0.1) is 16.4 Å². The maximum absolute atomic E-state index is 13.7. The van der Waals surface area contributed by atoms with Crippen LogP contribution in [-0.4, -0.2) is 17.0 Å². The highest BCUT2D eigenvalue weighted by Gasteiger charge is 2.08. The highest BCUT2D eigenvalue weighted by Crippen LogP contribution is 2.30. The number of thiazole rings is 1. The fraction of sp³-hybridized carbons (Fsp3) is 0.0769. The summed E-state index contributed by atoms with van der Waals surface area (Å²) in [7, 11) is 1.83. The number of anilines is 1. The van der Waals surface area contributed by atoms with Gasteiger partial charge in [0.2, 0.25) is 0 Å². The largest absolute Gasteiger partial charge is 0.365 e. The number of nitrogens with zero attached hydrogens (tertiary/aromatic N) is 2. The van der Waals surface area contributed by atoms with Gasteiger partial charge >= 0.3 is 0 Å². The van der Waals surface area contributed by atoms with Gasteiger partial charge in [-0.15, -0.1) is 0 Å². The highest BCUT2D eigenvalue weighted by molar-refractivity contribution is 7.22. The number of halogens is 1. The molecule has 0 atom stereocenters. The number of aromatic nitrogens is 2. The number of hydrogen-bond acceptors (Lipinski definition) is 4. The Morgan fingerprint density at radius 3 is 2.94 bits per heavy atom. The Hall–Kier alpha value is -2.01. The van der Waals surface area contributed by atoms with Crippen LogP contribution in [0.3, 0.4) is 0 Å². The predicted octanol–water partition coefficient (Wildman–Crippen LogP) is 3.54. The molecule has 1 N–H and O–H groups in total. The van der Waals surface area contributed by atoms with Crippen LogP contribution in [0.2, 0.25) is 0 Å². The van der Waals surface area contributed by atoms with E-state index in [0.717, 1.165) is 20.9 Å². The van der Waals surface area contributed by atoms with Crippen LogP contribution in [0.4, 0.5) is 9.52 Å². The summed E-state index contributed by atoms with van der Waals surface area (Å²) in [6.07, 6.45) is 2.81. The van der Waals surface area contributed by atoms with Gasteiger partial charge in [-0.05, 0) is 23.8 Å². The molecule has 0 fully saturated rings. The summed E-state index contributed by atoms with van der Waals surface area (Å²) in [6.45, 7) is 0. The van der Waals surface area contributed by atoms with Crippen molar-refractivity contribution >= 4 is 26.7 Å². The van der Waals surface area contributed by atoms with Gasteiger partial charge < -0.3 is 5.32 Å². The minimum atomic E-state index is -0.319. The van der Waals surface area contributed by atoms with Crippen LogP contribution in [0.25, 0.3) is 21.3 Å². The van der Waals surface area contributed by atoms with Crippen LogP contribution >= 0.6 is 11.3 Å². The third kappa shape index (κ3) is 1.82. The average Bonchev–Trinajstić information content (AvgIpc) is 2.81. The molecule has 0 saturated carbocycles. The Kier molecular flexibility index (Phi) is 2.68. The fourth-order valence-corrected chi connectivity index (χ4v) is 2.61. The zero-order valence-corrected chi connectivity index (χ0v) is 10.5. The third-order valence-corrected chi connectivity index (χ3v) is 3.74. The van der Waals surface area contributed by atoms with Crippen LogP contribution in [0.1, 0.15) is 0 Å². The summed E-state index contributed by atoms with van der Waals surface area (Å²) in [6, 6.07) is 7.42. The standard InChI is InChI=1S/C13H10FN3S/c1-15-13-17-11-6-8(2-3-12(11)18-13)9-4-5-16-7-10(9)14/h2-7H,1H3,(H,15,17). The molecule has 3 rings (SSSR count). The van der Waals surface area contributed by atoms with Crippen molar-refractivity contribution in [1.82, 2.24) is 9.97 Å². The second kappa shape index (κ2) is 4.34. The molecule has 0 saturated heterocycles.